The fourth-order valence-corrected chi connectivity index (χ4v) is 4.76. The first-order valence-corrected chi connectivity index (χ1v) is 10.3. The summed E-state index contributed by atoms with van der Waals surface area (Å²) in [4.78, 5) is 13.6. The summed E-state index contributed by atoms with van der Waals surface area (Å²) in [7, 11) is 1.59. The van der Waals surface area contributed by atoms with Gasteiger partial charge in [0, 0.05) is 33.2 Å². The van der Waals surface area contributed by atoms with Crippen LogP contribution in [0.5, 0.6) is 11.5 Å². The predicted molar refractivity (Wildman–Crippen MR) is 117 cm³/mol. The first kappa shape index (κ1) is 19.4. The summed E-state index contributed by atoms with van der Waals surface area (Å²) in [6, 6.07) is 13.3. The lowest BCUT2D eigenvalue weighted by atomic mass is 9.89. The molecule has 0 saturated heterocycles. The molecule has 1 aliphatic heterocycles. The first-order chi connectivity index (χ1) is 14.1. The molecule has 1 aliphatic rings. The van der Waals surface area contributed by atoms with E-state index in [1.807, 2.05) is 42.5 Å². The van der Waals surface area contributed by atoms with Crippen LogP contribution >= 0.6 is 22.9 Å². The highest BCUT2D eigenvalue weighted by Gasteiger charge is 2.31. The van der Waals surface area contributed by atoms with E-state index in [4.69, 9.17) is 27.5 Å². The van der Waals surface area contributed by atoms with Gasteiger partial charge in [-0.15, -0.1) is 17.8 Å². The number of halogens is 1. The number of fused-ring (bicyclic) bond motifs is 1. The van der Waals surface area contributed by atoms with E-state index in [0.717, 1.165) is 27.3 Å². The molecule has 0 radical (unpaired) electrons. The van der Waals surface area contributed by atoms with Crippen molar-refractivity contribution in [2.24, 2.45) is 0 Å². The third-order valence-corrected chi connectivity index (χ3v) is 6.19. The average molecular weight is 424 g/mol. The van der Waals surface area contributed by atoms with Crippen molar-refractivity contribution < 1.29 is 14.3 Å². The van der Waals surface area contributed by atoms with Crippen LogP contribution in [0, 0.1) is 12.3 Å². The highest BCUT2D eigenvalue weighted by Crippen LogP contribution is 2.47. The van der Waals surface area contributed by atoms with Crippen molar-refractivity contribution in [3.63, 3.8) is 0 Å². The number of carbonyl (C=O) groups is 1. The van der Waals surface area contributed by atoms with Crippen LogP contribution in [0.2, 0.25) is 5.02 Å². The molecule has 2 aromatic carbocycles. The van der Waals surface area contributed by atoms with Crippen molar-refractivity contribution in [3.8, 4) is 35.0 Å². The molecule has 3 aromatic rings. The Kier molecular flexibility index (Phi) is 5.48. The Labute approximate surface area is 178 Å². The van der Waals surface area contributed by atoms with E-state index in [9.17, 15) is 4.79 Å². The monoisotopic (exact) mass is 423 g/mol. The Morgan fingerprint density at radius 3 is 2.76 bits per heavy atom. The number of terminal acetylenes is 1. The van der Waals surface area contributed by atoms with Gasteiger partial charge in [-0.05, 0) is 35.4 Å². The van der Waals surface area contributed by atoms with Gasteiger partial charge in [0.25, 0.3) is 0 Å². The van der Waals surface area contributed by atoms with Gasteiger partial charge in [-0.2, -0.15) is 0 Å². The second kappa shape index (κ2) is 8.20. The van der Waals surface area contributed by atoms with E-state index in [-0.39, 0.29) is 18.4 Å². The molecule has 1 atom stereocenters. The molecule has 0 saturated carbocycles. The number of hydrogen-bond acceptors (Lipinski definition) is 4. The zero-order chi connectivity index (χ0) is 20.4. The normalized spacial score (nSPS) is 15.2. The van der Waals surface area contributed by atoms with E-state index in [2.05, 4.69) is 16.6 Å². The van der Waals surface area contributed by atoms with Gasteiger partial charge in [0.05, 0.1) is 12.8 Å². The number of nitrogens with one attached hydrogen (secondary N) is 1. The SMILES string of the molecule is C#CCOc1ccc([C@H]2CC(=O)Nc3c(-c4ccc(Cl)cc4)csc32)cc1OC. The molecule has 6 heteroatoms. The molecule has 0 unspecified atom stereocenters. The molecule has 2 heterocycles. The molecular formula is C23H18ClNO3S. The van der Waals surface area contributed by atoms with Crippen LogP contribution < -0.4 is 14.8 Å². The Bertz CT molecular complexity index is 1100. The molecule has 0 fully saturated rings. The molecule has 0 aliphatic carbocycles. The van der Waals surface area contributed by atoms with E-state index in [0.29, 0.717) is 22.9 Å². The minimum Gasteiger partial charge on any atom is -0.493 e. The minimum atomic E-state index is -0.0552. The highest BCUT2D eigenvalue weighted by atomic mass is 35.5. The number of methoxy groups -OCH3 is 1. The molecule has 1 N–H and O–H groups in total. The van der Waals surface area contributed by atoms with Crippen LogP contribution in [-0.4, -0.2) is 19.6 Å². The topological polar surface area (TPSA) is 47.6 Å². The predicted octanol–water partition coefficient (Wildman–Crippen LogP) is 5.56. The van der Waals surface area contributed by atoms with Gasteiger partial charge in [-0.3, -0.25) is 4.79 Å². The molecule has 146 valence electrons. The quantitative estimate of drug-likeness (QED) is 0.546. The third-order valence-electron chi connectivity index (χ3n) is 4.85. The lowest BCUT2D eigenvalue weighted by molar-refractivity contribution is -0.116. The van der Waals surface area contributed by atoms with Gasteiger partial charge in [0.1, 0.15) is 6.61 Å². The molecular weight excluding hydrogens is 406 g/mol. The maximum Gasteiger partial charge on any atom is 0.225 e. The standard InChI is InChI=1S/C23H18ClNO3S/c1-3-10-28-19-9-6-15(11-20(19)27-2)17-12-21(26)25-22-18(13-29-23(17)22)14-4-7-16(24)8-5-14/h1,4-9,11,13,17H,10,12H2,2H3,(H,25,26)/t17-/m1/s1. The maximum absolute atomic E-state index is 12.5. The first-order valence-electron chi connectivity index (χ1n) is 9.02. The fraction of sp³-hybridized carbons (Fsp3) is 0.174. The van der Waals surface area contributed by atoms with Crippen LogP contribution in [0.15, 0.2) is 47.8 Å². The number of hydrogen-bond donors (Lipinski definition) is 1. The number of carbonyl (C=O) groups excluding carboxylic acids is 1. The summed E-state index contributed by atoms with van der Waals surface area (Å²) in [5.74, 6) is 3.57. The lowest BCUT2D eigenvalue weighted by Crippen LogP contribution is -2.22. The summed E-state index contributed by atoms with van der Waals surface area (Å²) in [5.41, 5.74) is 3.88. The van der Waals surface area contributed by atoms with Crippen molar-refractivity contribution in [1.29, 1.82) is 0 Å². The Morgan fingerprint density at radius 1 is 1.24 bits per heavy atom. The highest BCUT2D eigenvalue weighted by molar-refractivity contribution is 7.11. The minimum absolute atomic E-state index is 0.0114. The summed E-state index contributed by atoms with van der Waals surface area (Å²) in [6.45, 7) is 0.168. The van der Waals surface area contributed by atoms with Crippen LogP contribution in [0.4, 0.5) is 5.69 Å². The number of benzene rings is 2. The largest absolute Gasteiger partial charge is 0.493 e. The summed E-state index contributed by atoms with van der Waals surface area (Å²) >= 11 is 7.66. The molecule has 4 rings (SSSR count). The van der Waals surface area contributed by atoms with Crippen molar-refractivity contribution in [3.05, 3.63) is 63.3 Å². The zero-order valence-electron chi connectivity index (χ0n) is 15.7. The van der Waals surface area contributed by atoms with Crippen LogP contribution in [0.1, 0.15) is 22.8 Å². The van der Waals surface area contributed by atoms with E-state index < -0.39 is 0 Å². The van der Waals surface area contributed by atoms with Crippen LogP contribution in [-0.2, 0) is 4.79 Å². The van der Waals surface area contributed by atoms with E-state index >= 15 is 0 Å². The van der Waals surface area contributed by atoms with Gasteiger partial charge in [0.2, 0.25) is 5.91 Å². The lowest BCUT2D eigenvalue weighted by Gasteiger charge is -2.24. The van der Waals surface area contributed by atoms with Gasteiger partial charge in [-0.25, -0.2) is 0 Å². The van der Waals surface area contributed by atoms with Crippen molar-refractivity contribution >= 4 is 34.5 Å². The van der Waals surface area contributed by atoms with Crippen molar-refractivity contribution in [2.45, 2.75) is 12.3 Å². The molecule has 0 spiro atoms. The number of amides is 1. The number of thiophene rings is 1. The molecule has 1 aromatic heterocycles. The smallest absolute Gasteiger partial charge is 0.225 e. The Hall–Kier alpha value is -2.94. The van der Waals surface area contributed by atoms with Crippen LogP contribution in [0.25, 0.3) is 11.1 Å². The summed E-state index contributed by atoms with van der Waals surface area (Å²) in [6.07, 6.45) is 5.65. The molecule has 4 nitrogen and oxygen atoms in total. The molecule has 29 heavy (non-hydrogen) atoms. The van der Waals surface area contributed by atoms with Crippen molar-refractivity contribution in [2.75, 3.05) is 19.0 Å². The van der Waals surface area contributed by atoms with Gasteiger partial charge >= 0.3 is 0 Å². The fourth-order valence-electron chi connectivity index (χ4n) is 3.48. The molecule has 1 amide bonds. The summed E-state index contributed by atoms with van der Waals surface area (Å²) < 4.78 is 11.0. The number of rotatable bonds is 5. The second-order valence-corrected chi connectivity index (χ2v) is 7.95. The van der Waals surface area contributed by atoms with Crippen LogP contribution in [0.3, 0.4) is 0 Å². The number of ether oxygens (including phenoxy) is 2. The third kappa shape index (κ3) is 3.82. The summed E-state index contributed by atoms with van der Waals surface area (Å²) in [5, 5.41) is 5.81. The number of anilines is 1. The average Bonchev–Trinajstić information content (AvgIpc) is 3.15. The van der Waals surface area contributed by atoms with Gasteiger partial charge < -0.3 is 14.8 Å². The molecule has 0 bridgehead atoms. The maximum atomic E-state index is 12.5. The second-order valence-electron chi connectivity index (χ2n) is 6.60. The zero-order valence-corrected chi connectivity index (χ0v) is 17.3. The van der Waals surface area contributed by atoms with E-state index in [1.165, 1.54) is 0 Å². The van der Waals surface area contributed by atoms with Crippen molar-refractivity contribution in [1.82, 2.24) is 0 Å². The van der Waals surface area contributed by atoms with E-state index in [1.54, 1.807) is 18.4 Å². The van der Waals surface area contributed by atoms with Gasteiger partial charge in [0.15, 0.2) is 11.5 Å². The Balaban J connectivity index is 1.73. The van der Waals surface area contributed by atoms with Gasteiger partial charge in [-0.1, -0.05) is 35.7 Å². The Morgan fingerprint density at radius 2 is 2.03 bits per heavy atom.